The molecule has 0 aliphatic carbocycles. The van der Waals surface area contributed by atoms with Gasteiger partial charge in [0.15, 0.2) is 0 Å². The largest absolute Gasteiger partial charge is 0.498 e. The number of halogens is 3. The second-order valence-corrected chi connectivity index (χ2v) is 38.7. The first-order chi connectivity index (χ1) is 57.8. The fourth-order valence-corrected chi connectivity index (χ4v) is 23.0. The van der Waals surface area contributed by atoms with Gasteiger partial charge >= 0.3 is 7.12 Å². The number of nitrogens with zero attached hydrogens (tertiary/aromatic N) is 6. The summed E-state index contributed by atoms with van der Waals surface area (Å²) in [5, 5.41) is 17.7. The third-order valence-electron chi connectivity index (χ3n) is 19.3. The van der Waals surface area contributed by atoms with Gasteiger partial charge in [0.1, 0.15) is 21.6 Å². The van der Waals surface area contributed by atoms with E-state index in [-0.39, 0.29) is 39.1 Å². The number of rotatable bonds is 14. The second kappa shape index (κ2) is 46.7. The number of pyridine rings is 4. The third-order valence-corrected chi connectivity index (χ3v) is 30.3. The van der Waals surface area contributed by atoms with Gasteiger partial charge in [0.25, 0.3) is 0 Å². The molecule has 19 rings (SSSR count). The molecule has 8 nitrogen and oxygen atoms in total. The molecule has 17 heteroatoms. The minimum atomic E-state index is -0.446. The maximum Gasteiger partial charge on any atom is 0.498 e. The minimum Gasteiger partial charge on any atom is -0.399 e. The SMILES string of the molecule is C.CC1(C)OB(c2cccnc2Cl)OC1(C)C.Clc1ncccc1-c1ccc2nccn2c1.Ic1ccc2nccn2c1.[Pd].c1ccc(P(c2ccccc2)c2ccccc2)cc1.c1ccc(P(c2ccccc2)c2ccccc2)cc1.c1ccc(P(c2ccccc2)c2ccccc2)cc1.c1ccc(P(c2ccccc2)c2ccccc2)cc1. The smallest absolute Gasteiger partial charge is 0.399 e. The first-order valence-corrected chi connectivity index (χ1v) is 45.9. The van der Waals surface area contributed by atoms with Crippen LogP contribution in [-0.2, 0) is 29.7 Å². The Bertz CT molecular complexity index is 5110. The van der Waals surface area contributed by atoms with Crippen LogP contribution in [0.3, 0.4) is 0 Å². The fourth-order valence-electron chi connectivity index (χ4n) is 12.8. The van der Waals surface area contributed by atoms with Gasteiger partial charge in [-0.3, -0.25) is 0 Å². The van der Waals surface area contributed by atoms with Crippen molar-refractivity contribution in [1.29, 1.82) is 0 Å². The van der Waals surface area contributed by atoms with Crippen LogP contribution >= 0.6 is 77.5 Å². The van der Waals surface area contributed by atoms with Crippen molar-refractivity contribution < 1.29 is 29.7 Å². The first-order valence-electron chi connectivity index (χ1n) is 38.7. The third kappa shape index (κ3) is 25.3. The molecule has 18 aromatic rings. The molecule has 600 valence electrons. The minimum absolute atomic E-state index is 0. The Balaban J connectivity index is 0.000000137. The number of hydrogen-bond donors (Lipinski definition) is 0. The molecule has 1 fully saturated rings. The molecule has 0 N–H and O–H groups in total. The molecule has 0 radical (unpaired) electrons. The molecule has 0 amide bonds. The Morgan fingerprint density at radius 2 is 0.525 bits per heavy atom. The summed E-state index contributed by atoms with van der Waals surface area (Å²) in [6.07, 6.45) is 14.8. The Morgan fingerprint density at radius 1 is 0.283 bits per heavy atom. The van der Waals surface area contributed by atoms with Crippen LogP contribution in [0.4, 0.5) is 0 Å². The molecule has 0 unspecified atom stereocenters. The molecule has 0 saturated carbocycles. The van der Waals surface area contributed by atoms with E-state index in [1.165, 1.54) is 67.2 Å². The zero-order valence-electron chi connectivity index (χ0n) is 66.2. The van der Waals surface area contributed by atoms with Gasteiger partial charge in [-0.25, -0.2) is 19.9 Å². The van der Waals surface area contributed by atoms with Crippen molar-refractivity contribution in [1.82, 2.24) is 28.7 Å². The normalized spacial score (nSPS) is 12.0. The van der Waals surface area contributed by atoms with E-state index in [0.717, 1.165) is 27.9 Å². The molecule has 1 saturated heterocycles. The van der Waals surface area contributed by atoms with Crippen molar-refractivity contribution in [3.05, 3.63) is 476 Å². The van der Waals surface area contributed by atoms with E-state index in [9.17, 15) is 0 Å². The summed E-state index contributed by atoms with van der Waals surface area (Å²) < 4.78 is 17.0. The Kier molecular flexibility index (Phi) is 35.3. The number of imidazole rings is 2. The van der Waals surface area contributed by atoms with E-state index in [4.69, 9.17) is 32.5 Å². The van der Waals surface area contributed by atoms with Crippen LogP contribution < -0.4 is 69.1 Å². The van der Waals surface area contributed by atoms with Crippen LogP contribution in [0, 0.1) is 3.57 Å². The van der Waals surface area contributed by atoms with E-state index in [1.807, 2.05) is 110 Å². The molecule has 0 spiro atoms. The first kappa shape index (κ1) is 90.8. The molecule has 12 aromatic carbocycles. The van der Waals surface area contributed by atoms with E-state index >= 15 is 0 Å². The molecular formula is C103H92BCl2IN6O2P4Pd. The summed E-state index contributed by atoms with van der Waals surface area (Å²) in [5.74, 6) is 0. The second-order valence-electron chi connectivity index (χ2n) is 27.8. The van der Waals surface area contributed by atoms with Gasteiger partial charge in [0.05, 0.1) is 11.2 Å². The summed E-state index contributed by atoms with van der Waals surface area (Å²) in [6.45, 7) is 8.04. The topological polar surface area (TPSA) is 78.8 Å². The van der Waals surface area contributed by atoms with Crippen molar-refractivity contribution in [3.8, 4) is 11.1 Å². The van der Waals surface area contributed by atoms with Crippen LogP contribution in [0.2, 0.25) is 10.3 Å². The van der Waals surface area contributed by atoms with Crippen LogP contribution in [0.25, 0.3) is 22.4 Å². The van der Waals surface area contributed by atoms with Gasteiger partial charge < -0.3 is 18.1 Å². The number of benzene rings is 12. The standard InChI is InChI=1S/4C18H15P.C12H8ClN3.C11H15BClNO2.C7H5IN2.CH4.Pd/c4*1-4-10-16(11-5-1)19(17-12-6-2-7-13-17)18-14-8-3-9-15-18;13-12-10(2-1-5-15-12)9-3-4-11-14-6-7-16(11)8-9;1-10(2)11(3,4)16-12(15-10)8-6-5-7-14-9(8)13;8-6-1-2-7-9-3-4-10(7)5-6;;/h4*1-15H;1-8H;5-7H,1-4H3;1-5H;1H4;. The zero-order chi connectivity index (χ0) is 81.6. The zero-order valence-corrected chi connectivity index (χ0v) is 75.0. The van der Waals surface area contributed by atoms with Gasteiger partial charge in [-0.15, -0.1) is 0 Å². The molecule has 0 atom stereocenters. The summed E-state index contributed by atoms with van der Waals surface area (Å²) in [6, 6.07) is 145. The quantitative estimate of drug-likeness (QED) is 0.0467. The predicted octanol–water partition coefficient (Wildman–Crippen LogP) is 21.4. The van der Waals surface area contributed by atoms with Crippen LogP contribution in [-0.4, -0.2) is 47.1 Å². The number of aromatic nitrogens is 6. The van der Waals surface area contributed by atoms with Crippen molar-refractivity contribution >= 4 is 165 Å². The maximum absolute atomic E-state index is 6.05. The van der Waals surface area contributed by atoms with Crippen LogP contribution in [0.5, 0.6) is 0 Å². The van der Waals surface area contributed by atoms with Crippen LogP contribution in [0.15, 0.2) is 462 Å². The van der Waals surface area contributed by atoms with E-state index in [0.29, 0.717) is 10.3 Å². The summed E-state index contributed by atoms with van der Waals surface area (Å²) >= 11 is 14.3. The molecule has 1 aliphatic rings. The van der Waals surface area contributed by atoms with Crippen molar-refractivity contribution in [3.63, 3.8) is 0 Å². The van der Waals surface area contributed by atoms with Gasteiger partial charge in [-0.05, 0) is 188 Å². The predicted molar refractivity (Wildman–Crippen MR) is 524 cm³/mol. The Labute approximate surface area is 750 Å². The van der Waals surface area contributed by atoms with Crippen molar-refractivity contribution in [2.24, 2.45) is 0 Å². The summed E-state index contributed by atoms with van der Waals surface area (Å²) in [5.41, 5.74) is 3.96. The molecule has 7 heterocycles. The van der Waals surface area contributed by atoms with E-state index in [2.05, 4.69) is 407 Å². The monoisotopic (exact) mass is 1880 g/mol. The molecule has 0 bridgehead atoms. The molecule has 120 heavy (non-hydrogen) atoms. The van der Waals surface area contributed by atoms with E-state index < -0.39 is 38.8 Å². The van der Waals surface area contributed by atoms with Crippen molar-refractivity contribution in [2.75, 3.05) is 0 Å². The molecule has 1 aliphatic heterocycles. The average molecular weight is 1880 g/mol. The van der Waals surface area contributed by atoms with Gasteiger partial charge in [-0.1, -0.05) is 401 Å². The summed E-state index contributed by atoms with van der Waals surface area (Å²) in [4.78, 5) is 16.4. The maximum atomic E-state index is 6.05. The molecule has 6 aromatic heterocycles. The van der Waals surface area contributed by atoms with Gasteiger partial charge in [0.2, 0.25) is 0 Å². The fraction of sp³-hybridized carbons (Fsp3) is 0.0680. The van der Waals surface area contributed by atoms with E-state index in [1.54, 1.807) is 24.8 Å². The molecular weight excluding hydrogens is 1790 g/mol. The average Bonchev–Trinajstić information content (AvgIpc) is 1.62. The van der Waals surface area contributed by atoms with Crippen LogP contribution in [0.1, 0.15) is 35.1 Å². The Morgan fingerprint density at radius 3 is 0.783 bits per heavy atom. The number of hydrogen-bond acceptors (Lipinski definition) is 6. The van der Waals surface area contributed by atoms with Gasteiger partial charge in [-0.2, -0.15) is 0 Å². The summed E-state index contributed by atoms with van der Waals surface area (Å²) in [7, 11) is -2.22. The Hall–Kier alpha value is -10.0. The van der Waals surface area contributed by atoms with Crippen molar-refractivity contribution in [2.45, 2.75) is 46.3 Å². The number of fused-ring (bicyclic) bond motifs is 2. The van der Waals surface area contributed by atoms with Gasteiger partial charge in [0, 0.05) is 90.2 Å².